The zero-order chi connectivity index (χ0) is 24.8. The molecule has 0 saturated carbocycles. The first-order valence-electron chi connectivity index (χ1n) is 12.4. The summed E-state index contributed by atoms with van der Waals surface area (Å²) in [5, 5.41) is 12.4. The summed E-state index contributed by atoms with van der Waals surface area (Å²) in [4.78, 5) is 14.0. The molecule has 2 aliphatic heterocycles. The van der Waals surface area contributed by atoms with E-state index in [0.717, 1.165) is 46.6 Å². The summed E-state index contributed by atoms with van der Waals surface area (Å²) in [6, 6.07) is 9.39. The molecule has 0 radical (unpaired) electrons. The summed E-state index contributed by atoms with van der Waals surface area (Å²) in [7, 11) is 7.88. The Kier molecular flexibility index (Phi) is 5.73. The van der Waals surface area contributed by atoms with Crippen molar-refractivity contribution in [3.63, 3.8) is 0 Å². The van der Waals surface area contributed by atoms with Crippen LogP contribution in [0.15, 0.2) is 72.1 Å². The molecule has 9 nitrogen and oxygen atoms in total. The van der Waals surface area contributed by atoms with Crippen molar-refractivity contribution < 1.29 is 4.74 Å². The topological polar surface area (TPSA) is 83.4 Å². The van der Waals surface area contributed by atoms with Gasteiger partial charge in [-0.3, -0.25) is 9.58 Å². The number of aromatic nitrogens is 4. The van der Waals surface area contributed by atoms with Crippen LogP contribution in [-0.2, 0) is 11.8 Å². The van der Waals surface area contributed by atoms with Gasteiger partial charge in [0.1, 0.15) is 18.2 Å². The van der Waals surface area contributed by atoms with E-state index >= 15 is 0 Å². The lowest BCUT2D eigenvalue weighted by atomic mass is 10.1. The summed E-state index contributed by atoms with van der Waals surface area (Å²) in [6.45, 7) is 2.16. The predicted octanol–water partition coefficient (Wildman–Crippen LogP) is 2.73. The molecule has 36 heavy (non-hydrogen) atoms. The molecule has 2 saturated heterocycles. The molecular formula is C27H32N8O. The molecule has 2 N–H and O–H groups in total. The highest BCUT2D eigenvalue weighted by molar-refractivity contribution is 5.84. The largest absolute Gasteiger partial charge is 0.386 e. The molecule has 6 rings (SSSR count). The summed E-state index contributed by atoms with van der Waals surface area (Å²) in [5.41, 5.74) is 6.15. The average molecular weight is 485 g/mol. The molecule has 0 spiro atoms. The molecule has 3 atom stereocenters. The fourth-order valence-corrected chi connectivity index (χ4v) is 5.66. The van der Waals surface area contributed by atoms with Gasteiger partial charge in [-0.25, -0.2) is 9.97 Å². The highest BCUT2D eigenvalue weighted by atomic mass is 16.5. The lowest BCUT2D eigenvalue weighted by Crippen LogP contribution is -2.44. The van der Waals surface area contributed by atoms with Gasteiger partial charge in [0.2, 0.25) is 0 Å². The van der Waals surface area contributed by atoms with Crippen LogP contribution in [0, 0.1) is 0 Å². The molecule has 2 bridgehead atoms. The standard InChI is InChI=1S/C27H32N8O/c1-28-22-11-23(26(36-4)8-7-25(22)35-15-19-10-20(35)14-33(19)2)32-27-12-21(29-16-30-27)17-5-6-24-18(9-17)13-31-34(24)3/h5-9,11-13,16,19-20,26,28H,10,14-15H2,1-4H3,(H,29,30,32)/t19-,20-,26?/m0/s1. The van der Waals surface area contributed by atoms with Gasteiger partial charge in [-0.05, 0) is 43.8 Å². The number of nitrogens with zero attached hydrogens (tertiary/aromatic N) is 6. The van der Waals surface area contributed by atoms with Crippen LogP contribution in [0.2, 0.25) is 0 Å². The smallest absolute Gasteiger partial charge is 0.134 e. The predicted molar refractivity (Wildman–Crippen MR) is 141 cm³/mol. The number of hydrogen-bond acceptors (Lipinski definition) is 8. The summed E-state index contributed by atoms with van der Waals surface area (Å²) in [5.74, 6) is 0.716. The highest BCUT2D eigenvalue weighted by Gasteiger charge is 2.42. The maximum Gasteiger partial charge on any atom is 0.134 e. The van der Waals surface area contributed by atoms with E-state index in [9.17, 15) is 0 Å². The molecule has 9 heteroatoms. The van der Waals surface area contributed by atoms with Gasteiger partial charge in [0.05, 0.1) is 34.5 Å². The number of hydrogen-bond donors (Lipinski definition) is 2. The zero-order valence-corrected chi connectivity index (χ0v) is 21.1. The molecule has 1 unspecified atom stereocenters. The summed E-state index contributed by atoms with van der Waals surface area (Å²) in [6.07, 6.45) is 10.9. The second-order valence-electron chi connectivity index (χ2n) is 9.75. The molecule has 4 heterocycles. The van der Waals surface area contributed by atoms with E-state index in [1.54, 1.807) is 13.4 Å². The molecule has 0 amide bonds. The van der Waals surface area contributed by atoms with Crippen LogP contribution in [0.4, 0.5) is 5.82 Å². The molecule has 2 fully saturated rings. The molecule has 3 aliphatic rings. The number of fused-ring (bicyclic) bond motifs is 3. The van der Waals surface area contributed by atoms with Gasteiger partial charge in [0.25, 0.3) is 0 Å². The first-order chi connectivity index (χ1) is 17.5. The normalized spacial score (nSPS) is 23.9. The van der Waals surface area contributed by atoms with E-state index in [0.29, 0.717) is 17.9 Å². The average Bonchev–Trinajstić information content (AvgIpc) is 3.55. The van der Waals surface area contributed by atoms with Gasteiger partial charge in [-0.2, -0.15) is 5.10 Å². The van der Waals surface area contributed by atoms with Crippen molar-refractivity contribution in [3.05, 3.63) is 72.1 Å². The first kappa shape index (κ1) is 22.8. The quantitative estimate of drug-likeness (QED) is 0.553. The van der Waals surface area contributed by atoms with Crippen molar-refractivity contribution in [1.29, 1.82) is 0 Å². The highest BCUT2D eigenvalue weighted by Crippen LogP contribution is 2.35. The van der Waals surface area contributed by atoms with Crippen molar-refractivity contribution in [2.24, 2.45) is 7.05 Å². The van der Waals surface area contributed by atoms with E-state index in [2.05, 4.69) is 79.0 Å². The maximum atomic E-state index is 5.85. The molecular weight excluding hydrogens is 452 g/mol. The van der Waals surface area contributed by atoms with Crippen LogP contribution in [-0.4, -0.2) is 82.0 Å². The Hall–Kier alpha value is -3.69. The minimum absolute atomic E-state index is 0.224. The lowest BCUT2D eigenvalue weighted by molar-refractivity contribution is 0.169. The van der Waals surface area contributed by atoms with Crippen molar-refractivity contribution in [2.45, 2.75) is 24.6 Å². The summed E-state index contributed by atoms with van der Waals surface area (Å²) >= 11 is 0. The van der Waals surface area contributed by atoms with Crippen LogP contribution in [0.5, 0.6) is 0 Å². The van der Waals surface area contributed by atoms with Crippen molar-refractivity contribution >= 4 is 16.7 Å². The van der Waals surface area contributed by atoms with E-state index < -0.39 is 0 Å². The number of likely N-dealkylation sites (tertiary alicyclic amines) is 2. The third-order valence-electron chi connectivity index (χ3n) is 7.64. The van der Waals surface area contributed by atoms with Crippen LogP contribution >= 0.6 is 0 Å². The maximum absolute atomic E-state index is 5.85. The number of allylic oxidation sites excluding steroid dienone is 2. The minimum atomic E-state index is -0.224. The van der Waals surface area contributed by atoms with Gasteiger partial charge in [-0.1, -0.05) is 6.07 Å². The number of anilines is 1. The van der Waals surface area contributed by atoms with Crippen LogP contribution < -0.4 is 10.6 Å². The molecule has 1 aliphatic carbocycles. The Labute approximate surface area is 211 Å². The first-order valence-corrected chi connectivity index (χ1v) is 12.4. The Morgan fingerprint density at radius 2 is 1.97 bits per heavy atom. The second-order valence-corrected chi connectivity index (χ2v) is 9.75. The summed E-state index contributed by atoms with van der Waals surface area (Å²) < 4.78 is 7.72. The molecule has 1 aromatic carbocycles. The van der Waals surface area contributed by atoms with Gasteiger partial charge in [-0.15, -0.1) is 0 Å². The van der Waals surface area contributed by atoms with Gasteiger partial charge < -0.3 is 20.3 Å². The number of benzene rings is 1. The Morgan fingerprint density at radius 3 is 2.72 bits per heavy atom. The van der Waals surface area contributed by atoms with Gasteiger partial charge >= 0.3 is 0 Å². The number of nitrogens with one attached hydrogen (secondary N) is 2. The fourth-order valence-electron chi connectivity index (χ4n) is 5.66. The van der Waals surface area contributed by atoms with Crippen LogP contribution in [0.25, 0.3) is 22.2 Å². The zero-order valence-electron chi connectivity index (χ0n) is 21.1. The van der Waals surface area contributed by atoms with Crippen molar-refractivity contribution in [2.75, 3.05) is 39.6 Å². The fraction of sp³-hybridized carbons (Fsp3) is 0.370. The lowest BCUT2D eigenvalue weighted by Gasteiger charge is -2.35. The molecule has 2 aromatic heterocycles. The number of aryl methyl sites for hydroxylation is 1. The van der Waals surface area contributed by atoms with Crippen LogP contribution in [0.1, 0.15) is 6.42 Å². The molecule has 3 aromatic rings. The number of piperazine rings is 1. The van der Waals surface area contributed by atoms with E-state index in [1.807, 2.05) is 31.0 Å². The van der Waals surface area contributed by atoms with Gasteiger partial charge in [0, 0.05) is 63.4 Å². The number of ether oxygens (including phenoxy) is 1. The minimum Gasteiger partial charge on any atom is -0.386 e. The van der Waals surface area contributed by atoms with E-state index in [4.69, 9.17) is 4.74 Å². The number of methoxy groups -OCH3 is 1. The molecule has 186 valence electrons. The third-order valence-corrected chi connectivity index (χ3v) is 7.64. The van der Waals surface area contributed by atoms with E-state index in [-0.39, 0.29) is 6.10 Å². The van der Waals surface area contributed by atoms with Crippen molar-refractivity contribution in [1.82, 2.24) is 34.9 Å². The third kappa shape index (κ3) is 3.94. The second kappa shape index (κ2) is 9.07. The van der Waals surface area contributed by atoms with Crippen LogP contribution in [0.3, 0.4) is 0 Å². The number of rotatable bonds is 6. The Bertz CT molecular complexity index is 1390. The van der Waals surface area contributed by atoms with Gasteiger partial charge in [0.15, 0.2) is 0 Å². The Morgan fingerprint density at radius 1 is 1.08 bits per heavy atom. The number of likely N-dealkylation sites (N-methyl/N-ethyl adjacent to an activating group) is 2. The Balaban J connectivity index is 1.30. The monoisotopic (exact) mass is 484 g/mol. The van der Waals surface area contributed by atoms with E-state index in [1.165, 1.54) is 12.1 Å². The SMILES string of the molecule is CNC1=C(N2C[C@@H]3C[C@H]2CN3C)C=CC(OC)C(Nc2cc(-c3ccc4c(cnn4C)c3)ncn2)=C1. The van der Waals surface area contributed by atoms with Crippen molar-refractivity contribution in [3.8, 4) is 11.3 Å².